The van der Waals surface area contributed by atoms with E-state index in [0.717, 1.165) is 28.3 Å². The highest BCUT2D eigenvalue weighted by Crippen LogP contribution is 2.32. The first-order valence-electron chi connectivity index (χ1n) is 9.86. The minimum absolute atomic E-state index is 0.171. The average Bonchev–Trinajstić information content (AvgIpc) is 3.20. The van der Waals surface area contributed by atoms with Crippen LogP contribution in [0.5, 0.6) is 0 Å². The Balaban J connectivity index is 1.59. The molecule has 0 saturated carbocycles. The maximum Gasteiger partial charge on any atom is 0.326 e. The maximum absolute atomic E-state index is 13.1. The van der Waals surface area contributed by atoms with Crippen molar-refractivity contribution in [3.05, 3.63) is 64.5 Å². The van der Waals surface area contributed by atoms with Gasteiger partial charge >= 0.3 is 5.97 Å². The van der Waals surface area contributed by atoms with Crippen molar-refractivity contribution >= 4 is 38.3 Å². The van der Waals surface area contributed by atoms with Crippen molar-refractivity contribution in [2.45, 2.75) is 19.9 Å². The van der Waals surface area contributed by atoms with Gasteiger partial charge in [0.15, 0.2) is 0 Å². The maximum atomic E-state index is 13.1. The molecule has 2 aromatic carbocycles. The molecule has 154 valence electrons. The zero-order valence-corrected chi connectivity index (χ0v) is 17.5. The standard InChI is InChI=1S/C23H22N2O4S/c1-2-9-28-10-11-29-20(26)13-25-15-24-22-21(23(25)27)19(14-30-22)18-8-7-16-5-3-4-6-17(16)12-18/h3-8,12,14-15H,2,9-11,13H2,1H3. The summed E-state index contributed by atoms with van der Waals surface area (Å²) < 4.78 is 11.7. The molecule has 0 unspecified atom stereocenters. The molecule has 0 amide bonds. The summed E-state index contributed by atoms with van der Waals surface area (Å²) in [6, 6.07) is 14.2. The second-order valence-electron chi connectivity index (χ2n) is 6.90. The van der Waals surface area contributed by atoms with Crippen molar-refractivity contribution in [3.63, 3.8) is 0 Å². The first kappa shape index (κ1) is 20.3. The van der Waals surface area contributed by atoms with Crippen LogP contribution in [0.2, 0.25) is 0 Å². The Bertz CT molecular complexity index is 1240. The third-order valence-electron chi connectivity index (χ3n) is 4.76. The van der Waals surface area contributed by atoms with Gasteiger partial charge in [-0.05, 0) is 28.8 Å². The lowest BCUT2D eigenvalue weighted by atomic mass is 10.0. The van der Waals surface area contributed by atoms with Crippen molar-refractivity contribution in [3.8, 4) is 11.1 Å². The van der Waals surface area contributed by atoms with Crippen molar-refractivity contribution in [2.75, 3.05) is 19.8 Å². The molecular weight excluding hydrogens is 400 g/mol. The van der Waals surface area contributed by atoms with Crippen molar-refractivity contribution in [1.29, 1.82) is 0 Å². The molecule has 7 heteroatoms. The van der Waals surface area contributed by atoms with Gasteiger partial charge in [0.05, 0.1) is 18.3 Å². The van der Waals surface area contributed by atoms with Gasteiger partial charge in [-0.1, -0.05) is 43.3 Å². The van der Waals surface area contributed by atoms with Gasteiger partial charge in [0.2, 0.25) is 0 Å². The zero-order chi connectivity index (χ0) is 20.9. The fourth-order valence-electron chi connectivity index (χ4n) is 3.30. The second-order valence-corrected chi connectivity index (χ2v) is 7.76. The van der Waals surface area contributed by atoms with Crippen molar-refractivity contribution in [1.82, 2.24) is 9.55 Å². The SMILES string of the molecule is CCCOCCOC(=O)Cn1cnc2scc(-c3ccc4ccccc4c3)c2c1=O. The molecule has 2 aromatic heterocycles. The Morgan fingerprint density at radius 2 is 1.93 bits per heavy atom. The van der Waals surface area contributed by atoms with Gasteiger partial charge in [-0.15, -0.1) is 11.3 Å². The number of hydrogen-bond acceptors (Lipinski definition) is 6. The topological polar surface area (TPSA) is 70.4 Å². The summed E-state index contributed by atoms with van der Waals surface area (Å²) in [5.74, 6) is -0.485. The molecule has 2 heterocycles. The predicted molar refractivity (Wildman–Crippen MR) is 119 cm³/mol. The zero-order valence-electron chi connectivity index (χ0n) is 16.7. The second kappa shape index (κ2) is 9.19. The van der Waals surface area contributed by atoms with E-state index >= 15 is 0 Å². The summed E-state index contributed by atoms with van der Waals surface area (Å²) in [7, 11) is 0. The van der Waals surface area contributed by atoms with Crippen molar-refractivity contribution < 1.29 is 14.3 Å². The summed E-state index contributed by atoms with van der Waals surface area (Å²) in [6.07, 6.45) is 2.31. The van der Waals surface area contributed by atoms with Crippen LogP contribution in [-0.4, -0.2) is 35.3 Å². The van der Waals surface area contributed by atoms with Crippen molar-refractivity contribution in [2.24, 2.45) is 0 Å². The number of aromatic nitrogens is 2. The lowest BCUT2D eigenvalue weighted by Gasteiger charge is -2.08. The largest absolute Gasteiger partial charge is 0.462 e. The molecule has 0 atom stereocenters. The minimum atomic E-state index is -0.485. The van der Waals surface area contributed by atoms with E-state index in [1.165, 1.54) is 22.2 Å². The van der Waals surface area contributed by atoms with Gasteiger partial charge < -0.3 is 9.47 Å². The summed E-state index contributed by atoms with van der Waals surface area (Å²) in [4.78, 5) is 30.2. The number of nitrogens with zero attached hydrogens (tertiary/aromatic N) is 2. The predicted octanol–water partition coefficient (Wildman–Crippen LogP) is 4.25. The molecule has 0 bridgehead atoms. The number of benzene rings is 2. The molecule has 0 fully saturated rings. The molecular formula is C23H22N2O4S. The van der Waals surface area contributed by atoms with E-state index in [2.05, 4.69) is 17.1 Å². The van der Waals surface area contributed by atoms with Crippen LogP contribution in [-0.2, 0) is 20.8 Å². The summed E-state index contributed by atoms with van der Waals surface area (Å²) in [6.45, 7) is 2.99. The van der Waals surface area contributed by atoms with Crippen LogP contribution in [0.15, 0.2) is 59.0 Å². The monoisotopic (exact) mass is 422 g/mol. The Hall–Kier alpha value is -3.03. The number of ether oxygens (including phenoxy) is 2. The van der Waals surface area contributed by atoms with E-state index in [-0.39, 0.29) is 18.7 Å². The number of carbonyl (C=O) groups is 1. The Labute approximate surface area is 177 Å². The number of thiophene rings is 1. The van der Waals surface area contributed by atoms with Gasteiger partial charge in [0, 0.05) is 17.6 Å². The highest BCUT2D eigenvalue weighted by atomic mass is 32.1. The Morgan fingerprint density at radius 3 is 2.77 bits per heavy atom. The Kier molecular flexibility index (Phi) is 6.21. The Morgan fingerprint density at radius 1 is 1.10 bits per heavy atom. The van der Waals surface area contributed by atoms with Gasteiger partial charge in [-0.25, -0.2) is 4.98 Å². The first-order valence-corrected chi connectivity index (χ1v) is 10.7. The summed E-state index contributed by atoms with van der Waals surface area (Å²) >= 11 is 1.42. The molecule has 0 saturated heterocycles. The fourth-order valence-corrected chi connectivity index (χ4v) is 4.20. The molecule has 0 aliphatic rings. The molecule has 0 aliphatic carbocycles. The minimum Gasteiger partial charge on any atom is -0.462 e. The lowest BCUT2D eigenvalue weighted by Crippen LogP contribution is -2.26. The highest BCUT2D eigenvalue weighted by Gasteiger charge is 2.15. The van der Waals surface area contributed by atoms with Crippen LogP contribution >= 0.6 is 11.3 Å². The molecule has 4 aromatic rings. The van der Waals surface area contributed by atoms with Crippen LogP contribution in [0.4, 0.5) is 0 Å². The third-order valence-corrected chi connectivity index (χ3v) is 5.65. The van der Waals surface area contributed by atoms with Gasteiger partial charge in [-0.3, -0.25) is 14.2 Å². The third kappa shape index (κ3) is 4.27. The van der Waals surface area contributed by atoms with E-state index < -0.39 is 5.97 Å². The molecule has 0 N–H and O–H groups in total. The highest BCUT2D eigenvalue weighted by molar-refractivity contribution is 7.17. The van der Waals surface area contributed by atoms with Crippen LogP contribution in [0.3, 0.4) is 0 Å². The normalized spacial score (nSPS) is 11.2. The number of rotatable bonds is 8. The molecule has 0 spiro atoms. The van der Waals surface area contributed by atoms with Gasteiger partial charge in [0.25, 0.3) is 5.56 Å². The molecule has 30 heavy (non-hydrogen) atoms. The van der Waals surface area contributed by atoms with Gasteiger partial charge in [0.1, 0.15) is 18.0 Å². The summed E-state index contributed by atoms with van der Waals surface area (Å²) in [5, 5.41) is 4.71. The fraction of sp³-hybridized carbons (Fsp3) is 0.261. The van der Waals surface area contributed by atoms with E-state index in [9.17, 15) is 9.59 Å². The molecule has 0 radical (unpaired) electrons. The number of carbonyl (C=O) groups excluding carboxylic acids is 1. The number of esters is 1. The molecule has 4 rings (SSSR count). The molecule has 0 aliphatic heterocycles. The van der Waals surface area contributed by atoms with E-state index in [1.807, 2.05) is 42.6 Å². The first-order chi connectivity index (χ1) is 14.7. The van der Waals surface area contributed by atoms with Gasteiger partial charge in [-0.2, -0.15) is 0 Å². The van der Waals surface area contributed by atoms with Crippen LogP contribution in [0.1, 0.15) is 13.3 Å². The lowest BCUT2D eigenvalue weighted by molar-refractivity contribution is -0.146. The number of hydrogen-bond donors (Lipinski definition) is 0. The number of fused-ring (bicyclic) bond motifs is 2. The van der Waals surface area contributed by atoms with E-state index in [0.29, 0.717) is 23.4 Å². The quantitative estimate of drug-likeness (QED) is 0.314. The van der Waals surface area contributed by atoms with Crippen LogP contribution in [0, 0.1) is 0 Å². The van der Waals surface area contributed by atoms with E-state index in [4.69, 9.17) is 9.47 Å². The van der Waals surface area contributed by atoms with Crippen LogP contribution in [0.25, 0.3) is 32.1 Å². The smallest absolute Gasteiger partial charge is 0.326 e. The summed E-state index contributed by atoms with van der Waals surface area (Å²) in [5.41, 5.74) is 1.53. The molecule has 6 nitrogen and oxygen atoms in total. The van der Waals surface area contributed by atoms with E-state index in [1.54, 1.807) is 0 Å². The van der Waals surface area contributed by atoms with Crippen LogP contribution < -0.4 is 5.56 Å². The average molecular weight is 423 g/mol.